The van der Waals surface area contributed by atoms with Crippen molar-refractivity contribution >= 4 is 40.4 Å². The van der Waals surface area contributed by atoms with E-state index in [0.29, 0.717) is 29.5 Å². The molecule has 38 heavy (non-hydrogen) atoms. The van der Waals surface area contributed by atoms with Crippen LogP contribution in [0.15, 0.2) is 45.5 Å². The van der Waals surface area contributed by atoms with Crippen molar-refractivity contribution in [3.8, 4) is 11.4 Å². The number of ether oxygens (including phenoxy) is 1. The number of fused-ring (bicyclic) bond motifs is 1. The predicted octanol–water partition coefficient (Wildman–Crippen LogP) is 5.40. The molecule has 1 aliphatic rings. The van der Waals surface area contributed by atoms with E-state index >= 15 is 0 Å². The number of hydrogen-bond donors (Lipinski definition) is 3. The number of carbonyl (C=O) groups excluding carboxylic acids is 1. The SMILES string of the molecule is CC(C)(C)OC(=O)NC1CCC(N=Nc2ncc3c(-c4ccnc(NCc5ccsc5)n4)[nH]nc3n2)CC1. The van der Waals surface area contributed by atoms with E-state index in [2.05, 4.69) is 62.4 Å². The second kappa shape index (κ2) is 11.2. The number of H-pyrrole nitrogens is 1. The van der Waals surface area contributed by atoms with Gasteiger partial charge in [0, 0.05) is 25.0 Å². The van der Waals surface area contributed by atoms with E-state index in [1.165, 1.54) is 5.56 Å². The van der Waals surface area contributed by atoms with E-state index in [0.717, 1.165) is 31.1 Å². The highest BCUT2D eigenvalue weighted by molar-refractivity contribution is 7.07. The fourth-order valence-corrected chi connectivity index (χ4v) is 4.81. The summed E-state index contributed by atoms with van der Waals surface area (Å²) in [5.41, 5.74) is 2.55. The Morgan fingerprint density at radius 1 is 1.18 bits per heavy atom. The molecule has 0 radical (unpaired) electrons. The van der Waals surface area contributed by atoms with E-state index in [4.69, 9.17) is 4.74 Å². The molecular weight excluding hydrogens is 504 g/mol. The molecule has 12 nitrogen and oxygen atoms in total. The molecule has 0 atom stereocenters. The number of alkyl carbamates (subject to hydrolysis) is 1. The van der Waals surface area contributed by atoms with Gasteiger partial charge in [-0.1, -0.05) is 0 Å². The molecule has 1 saturated carbocycles. The summed E-state index contributed by atoms with van der Waals surface area (Å²) in [5.74, 6) is 0.782. The average molecular weight is 535 g/mol. The van der Waals surface area contributed by atoms with E-state index in [1.807, 2.05) is 32.2 Å². The van der Waals surface area contributed by atoms with Crippen molar-refractivity contribution in [1.29, 1.82) is 0 Å². The van der Waals surface area contributed by atoms with E-state index in [-0.39, 0.29) is 24.1 Å². The van der Waals surface area contributed by atoms with Crippen LogP contribution in [-0.4, -0.2) is 53.9 Å². The lowest BCUT2D eigenvalue weighted by molar-refractivity contribution is 0.0491. The number of rotatable bonds is 7. The van der Waals surface area contributed by atoms with Gasteiger partial charge in [-0.3, -0.25) is 5.10 Å². The Morgan fingerprint density at radius 2 is 2.03 bits per heavy atom. The van der Waals surface area contributed by atoms with Gasteiger partial charge in [-0.25, -0.2) is 19.7 Å². The van der Waals surface area contributed by atoms with Crippen LogP contribution in [0.3, 0.4) is 0 Å². The first kappa shape index (κ1) is 25.6. The van der Waals surface area contributed by atoms with Crippen molar-refractivity contribution in [3.05, 3.63) is 40.8 Å². The van der Waals surface area contributed by atoms with Gasteiger partial charge in [-0.05, 0) is 74.9 Å². The molecule has 1 aliphatic carbocycles. The number of aromatic amines is 1. The minimum atomic E-state index is -0.509. The van der Waals surface area contributed by atoms with Gasteiger partial charge in [0.1, 0.15) is 5.60 Å². The summed E-state index contributed by atoms with van der Waals surface area (Å²) in [4.78, 5) is 29.7. The van der Waals surface area contributed by atoms with Crippen LogP contribution in [0.4, 0.5) is 16.7 Å². The van der Waals surface area contributed by atoms with Crippen molar-refractivity contribution in [2.24, 2.45) is 10.2 Å². The van der Waals surface area contributed by atoms with Gasteiger partial charge in [-0.2, -0.15) is 26.5 Å². The van der Waals surface area contributed by atoms with Gasteiger partial charge in [0.15, 0.2) is 5.65 Å². The summed E-state index contributed by atoms with van der Waals surface area (Å²) >= 11 is 1.65. The first-order valence-corrected chi connectivity index (χ1v) is 13.5. The molecule has 4 heterocycles. The largest absolute Gasteiger partial charge is 0.444 e. The maximum atomic E-state index is 12.0. The molecule has 1 amide bonds. The molecule has 0 spiro atoms. The Kier molecular flexibility index (Phi) is 7.54. The summed E-state index contributed by atoms with van der Waals surface area (Å²) < 4.78 is 5.34. The van der Waals surface area contributed by atoms with Gasteiger partial charge < -0.3 is 15.4 Å². The fourth-order valence-electron chi connectivity index (χ4n) is 4.14. The molecule has 0 bridgehead atoms. The van der Waals surface area contributed by atoms with E-state index in [1.54, 1.807) is 23.7 Å². The predicted molar refractivity (Wildman–Crippen MR) is 144 cm³/mol. The standard InChI is InChI=1S/C25H30N10O2S/c1-25(2,3)37-24(36)29-16-4-6-17(7-5-16)32-35-23-28-13-18-20(33-34-21(18)31-23)19-8-10-26-22(30-19)27-12-15-9-11-38-14-15/h8-11,13-14,16-17H,4-7,12H2,1-3H3,(H,29,36)(H,26,27,30)(H,28,31,33,34). The molecule has 13 heteroatoms. The third kappa shape index (κ3) is 6.65. The molecule has 0 saturated heterocycles. The van der Waals surface area contributed by atoms with Crippen LogP contribution in [0, 0.1) is 0 Å². The van der Waals surface area contributed by atoms with Gasteiger partial charge in [0.05, 0.1) is 22.8 Å². The molecule has 5 rings (SSSR count). The van der Waals surface area contributed by atoms with E-state index < -0.39 is 5.60 Å². The molecule has 0 unspecified atom stereocenters. The third-order valence-corrected chi connectivity index (χ3v) is 6.70. The second-order valence-corrected chi connectivity index (χ2v) is 10.9. The molecule has 1 fully saturated rings. The molecule has 3 N–H and O–H groups in total. The molecular formula is C25H30N10O2S. The number of anilines is 1. The first-order chi connectivity index (χ1) is 18.3. The Labute approximate surface area is 223 Å². The zero-order valence-corrected chi connectivity index (χ0v) is 22.3. The number of nitrogens with zero attached hydrogens (tertiary/aromatic N) is 7. The van der Waals surface area contributed by atoms with Crippen molar-refractivity contribution in [2.45, 2.75) is 70.7 Å². The number of azo groups is 1. The minimum Gasteiger partial charge on any atom is -0.444 e. The van der Waals surface area contributed by atoms with Crippen molar-refractivity contribution < 1.29 is 9.53 Å². The van der Waals surface area contributed by atoms with Crippen molar-refractivity contribution in [1.82, 2.24) is 35.5 Å². The highest BCUT2D eigenvalue weighted by Gasteiger charge is 2.25. The van der Waals surface area contributed by atoms with Crippen LogP contribution < -0.4 is 10.6 Å². The second-order valence-electron chi connectivity index (χ2n) is 10.1. The van der Waals surface area contributed by atoms with Gasteiger partial charge in [-0.15, -0.1) is 5.11 Å². The van der Waals surface area contributed by atoms with Crippen LogP contribution >= 0.6 is 11.3 Å². The van der Waals surface area contributed by atoms with Gasteiger partial charge in [0.25, 0.3) is 5.95 Å². The summed E-state index contributed by atoms with van der Waals surface area (Å²) in [6, 6.07) is 4.01. The quantitative estimate of drug-likeness (QED) is 0.266. The van der Waals surface area contributed by atoms with Crippen molar-refractivity contribution in [2.75, 3.05) is 5.32 Å². The van der Waals surface area contributed by atoms with Crippen LogP contribution in [0.5, 0.6) is 0 Å². The smallest absolute Gasteiger partial charge is 0.407 e. The number of carbonyl (C=O) groups is 1. The highest BCUT2D eigenvalue weighted by Crippen LogP contribution is 2.26. The Morgan fingerprint density at radius 3 is 2.79 bits per heavy atom. The van der Waals surface area contributed by atoms with E-state index in [9.17, 15) is 4.79 Å². The topological polar surface area (TPSA) is 155 Å². The number of aromatic nitrogens is 6. The fraction of sp³-hybridized carbons (Fsp3) is 0.440. The number of hydrogen-bond acceptors (Lipinski definition) is 11. The number of nitrogens with one attached hydrogen (secondary N) is 3. The lowest BCUT2D eigenvalue weighted by atomic mass is 9.92. The Balaban J connectivity index is 1.18. The summed E-state index contributed by atoms with van der Waals surface area (Å²) in [6.07, 6.45) is 6.26. The molecule has 4 aromatic rings. The molecule has 0 aromatic carbocycles. The third-order valence-electron chi connectivity index (χ3n) is 5.97. The maximum Gasteiger partial charge on any atom is 0.407 e. The van der Waals surface area contributed by atoms with Crippen LogP contribution in [0.25, 0.3) is 22.4 Å². The number of thiophene rings is 1. The lowest BCUT2D eigenvalue weighted by Crippen LogP contribution is -2.41. The van der Waals surface area contributed by atoms with Crippen LogP contribution in [-0.2, 0) is 11.3 Å². The minimum absolute atomic E-state index is 0.0572. The molecule has 0 aliphatic heterocycles. The average Bonchev–Trinajstić information content (AvgIpc) is 3.56. The normalized spacial score (nSPS) is 18.1. The summed E-state index contributed by atoms with van der Waals surface area (Å²) in [5, 5.41) is 27.1. The Bertz CT molecular complexity index is 1410. The molecule has 4 aromatic heterocycles. The lowest BCUT2D eigenvalue weighted by Gasteiger charge is -2.28. The van der Waals surface area contributed by atoms with Crippen LogP contribution in [0.2, 0.25) is 0 Å². The molecule has 198 valence electrons. The zero-order chi connectivity index (χ0) is 26.5. The summed E-state index contributed by atoms with van der Waals surface area (Å²) in [6.45, 7) is 6.21. The van der Waals surface area contributed by atoms with Gasteiger partial charge >= 0.3 is 6.09 Å². The van der Waals surface area contributed by atoms with Crippen molar-refractivity contribution in [3.63, 3.8) is 0 Å². The number of amides is 1. The monoisotopic (exact) mass is 534 g/mol. The highest BCUT2D eigenvalue weighted by atomic mass is 32.1. The van der Waals surface area contributed by atoms with Crippen LogP contribution in [0.1, 0.15) is 52.0 Å². The Hall–Kier alpha value is -4.00. The summed E-state index contributed by atoms with van der Waals surface area (Å²) in [7, 11) is 0. The maximum absolute atomic E-state index is 12.0. The van der Waals surface area contributed by atoms with Gasteiger partial charge in [0.2, 0.25) is 5.95 Å². The first-order valence-electron chi connectivity index (χ1n) is 12.5. The zero-order valence-electron chi connectivity index (χ0n) is 21.5.